The first-order valence-corrected chi connectivity index (χ1v) is 6.32. The van der Waals surface area contributed by atoms with Crippen molar-refractivity contribution in [2.24, 2.45) is 0 Å². The van der Waals surface area contributed by atoms with Gasteiger partial charge in [-0.15, -0.1) is 0 Å². The summed E-state index contributed by atoms with van der Waals surface area (Å²) in [5.41, 5.74) is 3.10. The number of ketones is 1. The molecule has 0 atom stereocenters. The average molecular weight is 258 g/mol. The Morgan fingerprint density at radius 2 is 2.00 bits per heavy atom. The number of pyridine rings is 1. The Labute approximate surface area is 110 Å². The highest BCUT2D eigenvalue weighted by Gasteiger charge is 2.21. The monoisotopic (exact) mass is 257 g/mol. The number of benzene rings is 1. The minimum Gasteiger partial charge on any atom is -0.295 e. The number of carbonyl (C=O) groups excluding carboxylic acids is 1. The molecule has 0 spiro atoms. The molecule has 0 fully saturated rings. The van der Waals surface area contributed by atoms with Gasteiger partial charge in [-0.2, -0.15) is 0 Å². The number of Topliss-reactive ketones (excluding diaryl/α,β-unsaturated/α-hetero) is 1. The minimum absolute atomic E-state index is 0.247. The Balaban J connectivity index is 2.32. The molecule has 1 aromatic heterocycles. The maximum Gasteiger partial charge on any atom is 0.159 e. The van der Waals surface area contributed by atoms with Gasteiger partial charge in [0.15, 0.2) is 5.78 Å². The minimum atomic E-state index is 0.247. The molecule has 1 heterocycles. The van der Waals surface area contributed by atoms with Crippen molar-refractivity contribution in [3.8, 4) is 0 Å². The van der Waals surface area contributed by atoms with Crippen molar-refractivity contribution in [3.63, 3.8) is 0 Å². The van der Waals surface area contributed by atoms with Crippen LogP contribution in [0, 0.1) is 0 Å². The molecular formula is C15H12ClNO. The van der Waals surface area contributed by atoms with E-state index in [1.165, 1.54) is 0 Å². The van der Waals surface area contributed by atoms with E-state index in [2.05, 4.69) is 4.98 Å². The van der Waals surface area contributed by atoms with Crippen LogP contribution in [0.25, 0.3) is 16.3 Å². The second-order valence-corrected chi connectivity index (χ2v) is 4.95. The van der Waals surface area contributed by atoms with Gasteiger partial charge in [-0.1, -0.05) is 17.7 Å². The van der Waals surface area contributed by atoms with E-state index in [9.17, 15) is 4.79 Å². The van der Waals surface area contributed by atoms with Gasteiger partial charge in [-0.05, 0) is 42.2 Å². The quantitative estimate of drug-likeness (QED) is 0.772. The second-order valence-electron chi connectivity index (χ2n) is 4.54. The molecule has 2 nitrogen and oxygen atoms in total. The summed E-state index contributed by atoms with van der Waals surface area (Å²) in [6.07, 6.45) is 4.99. The summed E-state index contributed by atoms with van der Waals surface area (Å²) in [6, 6.07) is 5.79. The van der Waals surface area contributed by atoms with Crippen LogP contribution in [0.4, 0.5) is 0 Å². The van der Waals surface area contributed by atoms with E-state index in [4.69, 9.17) is 11.6 Å². The van der Waals surface area contributed by atoms with Gasteiger partial charge >= 0.3 is 0 Å². The van der Waals surface area contributed by atoms with Gasteiger partial charge < -0.3 is 0 Å². The van der Waals surface area contributed by atoms with Gasteiger partial charge in [0.1, 0.15) is 0 Å². The number of hydrogen-bond donors (Lipinski definition) is 0. The van der Waals surface area contributed by atoms with Gasteiger partial charge in [0.05, 0.1) is 0 Å². The molecule has 0 radical (unpaired) electrons. The molecule has 3 rings (SSSR count). The third-order valence-electron chi connectivity index (χ3n) is 3.56. The van der Waals surface area contributed by atoms with Crippen molar-refractivity contribution >= 4 is 33.7 Å². The summed E-state index contributed by atoms with van der Waals surface area (Å²) < 4.78 is 0. The van der Waals surface area contributed by atoms with Gasteiger partial charge in [-0.3, -0.25) is 9.78 Å². The van der Waals surface area contributed by atoms with Crippen LogP contribution in [0.15, 0.2) is 36.2 Å². The Morgan fingerprint density at radius 3 is 2.72 bits per heavy atom. The number of halogens is 1. The standard InChI is InChI=1S/C15H12ClNO/c1-9-10(3-5-15(9)18)11-2-4-14(16)12-6-7-17-8-13(11)12/h2,4,6-8H,3,5H2,1H3. The number of carbonyl (C=O) groups is 1. The molecule has 0 amide bonds. The molecule has 0 unspecified atom stereocenters. The molecule has 0 saturated carbocycles. The molecule has 0 saturated heterocycles. The highest BCUT2D eigenvalue weighted by atomic mass is 35.5. The number of fused-ring (bicyclic) bond motifs is 1. The first-order valence-electron chi connectivity index (χ1n) is 5.94. The number of allylic oxidation sites excluding steroid dienone is 2. The zero-order chi connectivity index (χ0) is 12.7. The van der Waals surface area contributed by atoms with Crippen molar-refractivity contribution < 1.29 is 4.79 Å². The predicted molar refractivity (Wildman–Crippen MR) is 73.6 cm³/mol. The molecule has 0 bridgehead atoms. The summed E-state index contributed by atoms with van der Waals surface area (Å²) in [5.74, 6) is 0.247. The fourth-order valence-electron chi connectivity index (χ4n) is 2.54. The van der Waals surface area contributed by atoms with Gasteiger partial charge in [0.2, 0.25) is 0 Å². The molecule has 2 aromatic rings. The molecule has 1 aromatic carbocycles. The van der Waals surface area contributed by atoms with E-state index in [1.54, 1.807) is 6.20 Å². The van der Waals surface area contributed by atoms with Crippen molar-refractivity contribution in [1.29, 1.82) is 0 Å². The van der Waals surface area contributed by atoms with Crippen molar-refractivity contribution in [2.45, 2.75) is 19.8 Å². The van der Waals surface area contributed by atoms with Crippen LogP contribution in [0.2, 0.25) is 5.02 Å². The fraction of sp³-hybridized carbons (Fsp3) is 0.200. The third-order valence-corrected chi connectivity index (χ3v) is 3.89. The second kappa shape index (κ2) is 4.21. The van der Waals surface area contributed by atoms with Crippen molar-refractivity contribution in [2.75, 3.05) is 0 Å². The molecule has 90 valence electrons. The smallest absolute Gasteiger partial charge is 0.159 e. The number of rotatable bonds is 1. The van der Waals surface area contributed by atoms with E-state index < -0.39 is 0 Å². The van der Waals surface area contributed by atoms with E-state index in [0.29, 0.717) is 6.42 Å². The lowest BCUT2D eigenvalue weighted by atomic mass is 9.97. The maximum atomic E-state index is 11.7. The molecule has 0 aliphatic heterocycles. The molecule has 0 N–H and O–H groups in total. The average Bonchev–Trinajstić information content (AvgIpc) is 2.71. The lowest BCUT2D eigenvalue weighted by molar-refractivity contribution is -0.114. The first kappa shape index (κ1) is 11.4. The summed E-state index contributed by atoms with van der Waals surface area (Å²) >= 11 is 6.19. The molecule has 3 heteroatoms. The van der Waals surface area contributed by atoms with Gasteiger partial charge in [-0.25, -0.2) is 0 Å². The van der Waals surface area contributed by atoms with E-state index in [-0.39, 0.29) is 5.78 Å². The number of aromatic nitrogens is 1. The van der Waals surface area contributed by atoms with Crippen LogP contribution in [0.1, 0.15) is 25.3 Å². The van der Waals surface area contributed by atoms with E-state index in [1.807, 2.05) is 31.3 Å². The van der Waals surface area contributed by atoms with Gasteiger partial charge in [0, 0.05) is 34.6 Å². The Bertz CT molecular complexity index is 688. The van der Waals surface area contributed by atoms with Gasteiger partial charge in [0.25, 0.3) is 0 Å². The largest absolute Gasteiger partial charge is 0.295 e. The van der Waals surface area contributed by atoms with Crippen LogP contribution in [0.5, 0.6) is 0 Å². The lowest BCUT2D eigenvalue weighted by Gasteiger charge is -2.09. The highest BCUT2D eigenvalue weighted by molar-refractivity contribution is 6.35. The molecular weight excluding hydrogens is 246 g/mol. The Morgan fingerprint density at radius 1 is 1.17 bits per heavy atom. The Kier molecular flexibility index (Phi) is 2.67. The van der Waals surface area contributed by atoms with Crippen LogP contribution in [-0.4, -0.2) is 10.8 Å². The SMILES string of the molecule is CC1=C(c2ccc(Cl)c3ccncc23)CCC1=O. The van der Waals surface area contributed by atoms with Crippen LogP contribution in [0.3, 0.4) is 0 Å². The number of hydrogen-bond acceptors (Lipinski definition) is 2. The first-order chi connectivity index (χ1) is 8.68. The van der Waals surface area contributed by atoms with Crippen molar-refractivity contribution in [3.05, 3.63) is 46.8 Å². The fourth-order valence-corrected chi connectivity index (χ4v) is 2.76. The molecule has 18 heavy (non-hydrogen) atoms. The summed E-state index contributed by atoms with van der Waals surface area (Å²) in [4.78, 5) is 15.8. The van der Waals surface area contributed by atoms with Crippen molar-refractivity contribution in [1.82, 2.24) is 4.98 Å². The summed E-state index contributed by atoms with van der Waals surface area (Å²) in [7, 11) is 0. The van der Waals surface area contributed by atoms with Crippen LogP contribution < -0.4 is 0 Å². The van der Waals surface area contributed by atoms with E-state index in [0.717, 1.165) is 38.9 Å². The normalized spacial score (nSPS) is 15.8. The summed E-state index contributed by atoms with van der Waals surface area (Å²) in [5, 5.41) is 2.73. The summed E-state index contributed by atoms with van der Waals surface area (Å²) in [6.45, 7) is 1.90. The van der Waals surface area contributed by atoms with Crippen LogP contribution >= 0.6 is 11.6 Å². The maximum absolute atomic E-state index is 11.7. The number of nitrogens with zero attached hydrogens (tertiary/aromatic N) is 1. The molecule has 1 aliphatic rings. The Hall–Kier alpha value is -1.67. The zero-order valence-electron chi connectivity index (χ0n) is 10.0. The highest BCUT2D eigenvalue weighted by Crippen LogP contribution is 2.36. The zero-order valence-corrected chi connectivity index (χ0v) is 10.8. The molecule has 1 aliphatic carbocycles. The third kappa shape index (κ3) is 1.65. The predicted octanol–water partition coefficient (Wildman–Crippen LogP) is 4.02. The topological polar surface area (TPSA) is 30.0 Å². The van der Waals surface area contributed by atoms with E-state index >= 15 is 0 Å². The lowest BCUT2D eigenvalue weighted by Crippen LogP contribution is -1.91. The van der Waals surface area contributed by atoms with Crippen LogP contribution in [-0.2, 0) is 4.79 Å².